The van der Waals surface area contributed by atoms with Crippen LogP contribution in [0.2, 0.25) is 0 Å². The minimum absolute atomic E-state index is 0.00456. The number of benzene rings is 8. The Labute approximate surface area is 376 Å². The highest BCUT2D eigenvalue weighted by molar-refractivity contribution is 8.05. The van der Waals surface area contributed by atoms with Crippen LogP contribution in [0.5, 0.6) is 0 Å². The van der Waals surface area contributed by atoms with Gasteiger partial charge in [0.1, 0.15) is 0 Å². The molecule has 4 heterocycles. The number of anilines is 2. The highest BCUT2D eigenvalue weighted by Gasteiger charge is 2.31. The van der Waals surface area contributed by atoms with Crippen LogP contribution in [0.1, 0.15) is 52.7 Å². The maximum Gasteiger partial charge on any atom is 0.198 e. The van der Waals surface area contributed by atoms with Crippen molar-refractivity contribution in [1.82, 2.24) is 4.57 Å². The molecule has 2 aliphatic heterocycles. The fourth-order valence-electron chi connectivity index (χ4n) is 9.68. The summed E-state index contributed by atoms with van der Waals surface area (Å²) in [6.07, 6.45) is 0. The van der Waals surface area contributed by atoms with Crippen LogP contribution in [0.4, 0.5) is 11.4 Å². The van der Waals surface area contributed by atoms with E-state index in [1.807, 2.05) is 34.9 Å². The summed E-state index contributed by atoms with van der Waals surface area (Å²) in [5.74, 6) is 0. The first kappa shape index (κ1) is 38.1. The van der Waals surface area contributed by atoms with E-state index in [0.29, 0.717) is 0 Å². The number of fused-ring (bicyclic) bond motifs is 10. The lowest BCUT2D eigenvalue weighted by atomic mass is 9.58. The van der Waals surface area contributed by atoms with E-state index in [4.69, 9.17) is 0 Å². The zero-order valence-corrected chi connectivity index (χ0v) is 38.3. The summed E-state index contributed by atoms with van der Waals surface area (Å²) in [5.41, 5.74) is 16.6. The predicted molar refractivity (Wildman–Crippen MR) is 273 cm³/mol. The third kappa shape index (κ3) is 6.09. The minimum atomic E-state index is -0.00456. The van der Waals surface area contributed by atoms with E-state index in [1.165, 1.54) is 112 Å². The molecule has 2 aromatic heterocycles. The van der Waals surface area contributed by atoms with Crippen LogP contribution in [0.25, 0.3) is 69.9 Å². The fourth-order valence-corrected chi connectivity index (χ4v) is 13.1. The molecular weight excluding hydrogens is 808 g/mol. The van der Waals surface area contributed by atoms with Crippen LogP contribution in [0.15, 0.2) is 171 Å². The highest BCUT2D eigenvalue weighted by Crippen LogP contribution is 2.52. The second-order valence-electron chi connectivity index (χ2n) is 19.1. The summed E-state index contributed by atoms with van der Waals surface area (Å²) in [4.78, 5) is 5.20. The quantitative estimate of drug-likeness (QED) is 0.178. The summed E-state index contributed by atoms with van der Waals surface area (Å²) < 4.78 is 5.20. The van der Waals surface area contributed by atoms with Crippen LogP contribution >= 0.6 is 34.9 Å². The molecule has 10 aromatic rings. The first-order valence-electron chi connectivity index (χ1n) is 21.6. The summed E-state index contributed by atoms with van der Waals surface area (Å²) in [6, 6.07) is 57.4. The van der Waals surface area contributed by atoms with E-state index in [2.05, 4.69) is 203 Å². The molecule has 62 heavy (non-hydrogen) atoms. The van der Waals surface area contributed by atoms with Gasteiger partial charge in [-0.2, -0.15) is 0 Å². The average molecular weight is 853 g/mol. The number of aromatic nitrogens is 1. The molecule has 0 saturated heterocycles. The smallest absolute Gasteiger partial charge is 0.198 e. The molecule has 0 amide bonds. The van der Waals surface area contributed by atoms with Gasteiger partial charge in [-0.3, -0.25) is 0 Å². The number of hydrogen-bond donors (Lipinski definition) is 1. The molecule has 2 nitrogen and oxygen atoms in total. The van der Waals surface area contributed by atoms with Crippen molar-refractivity contribution < 1.29 is 0 Å². The van der Waals surface area contributed by atoms with Crippen LogP contribution in [0.3, 0.4) is 0 Å². The molecule has 0 bridgehead atoms. The lowest BCUT2D eigenvalue weighted by Gasteiger charge is -2.28. The van der Waals surface area contributed by atoms with Gasteiger partial charge in [-0.05, 0) is 111 Å². The van der Waals surface area contributed by atoms with Gasteiger partial charge in [0.15, 0.2) is 7.28 Å². The van der Waals surface area contributed by atoms with E-state index >= 15 is 0 Å². The van der Waals surface area contributed by atoms with E-state index in [1.54, 1.807) is 0 Å². The fraction of sp³-hybridized carbons (Fsp3) is 0.143. The third-order valence-corrected chi connectivity index (χ3v) is 16.7. The van der Waals surface area contributed by atoms with Crippen LogP contribution in [-0.4, -0.2) is 11.8 Å². The third-order valence-electron chi connectivity index (χ3n) is 13.0. The molecule has 1 N–H and O–H groups in total. The normalized spacial score (nSPS) is 13.3. The Bertz CT molecular complexity index is 3490. The molecule has 300 valence electrons. The van der Waals surface area contributed by atoms with Crippen molar-refractivity contribution in [3.63, 3.8) is 0 Å². The van der Waals surface area contributed by atoms with Crippen molar-refractivity contribution in [3.8, 4) is 27.9 Å². The molecule has 0 saturated carbocycles. The summed E-state index contributed by atoms with van der Waals surface area (Å²) >= 11 is 5.65. The van der Waals surface area contributed by atoms with Crippen molar-refractivity contribution in [3.05, 3.63) is 163 Å². The van der Waals surface area contributed by atoms with Crippen molar-refractivity contribution in [2.75, 3.05) is 5.32 Å². The van der Waals surface area contributed by atoms with Gasteiger partial charge in [0.2, 0.25) is 0 Å². The van der Waals surface area contributed by atoms with Gasteiger partial charge < -0.3 is 9.88 Å². The Hall–Kier alpha value is -5.66. The van der Waals surface area contributed by atoms with Gasteiger partial charge in [0.05, 0.1) is 15.9 Å². The average Bonchev–Trinajstić information content (AvgIpc) is 3.82. The Morgan fingerprint density at radius 1 is 0.500 bits per heavy atom. The lowest BCUT2D eigenvalue weighted by molar-refractivity contribution is 0.590. The van der Waals surface area contributed by atoms with Crippen molar-refractivity contribution in [2.45, 2.75) is 72.0 Å². The number of hydrogen-bond acceptors (Lipinski definition) is 4. The zero-order chi connectivity index (χ0) is 42.1. The molecule has 8 aromatic carbocycles. The molecule has 0 atom stereocenters. The molecule has 0 spiro atoms. The van der Waals surface area contributed by atoms with E-state index < -0.39 is 0 Å². The van der Waals surface area contributed by atoms with E-state index in [9.17, 15) is 0 Å². The van der Waals surface area contributed by atoms with E-state index in [0.717, 1.165) is 18.7 Å². The van der Waals surface area contributed by atoms with Gasteiger partial charge in [0.25, 0.3) is 0 Å². The maximum atomic E-state index is 4.11. The minimum Gasteiger partial charge on any atom is -0.354 e. The molecule has 6 heteroatoms. The molecule has 0 aliphatic carbocycles. The van der Waals surface area contributed by atoms with Crippen LogP contribution in [0, 0.1) is 0 Å². The summed E-state index contributed by atoms with van der Waals surface area (Å²) in [7, 11) is 0.843. The SMILES string of the molecule is CC(C)(C)c1ccc2c(c1)c1cc(C(C)(C)C)cc3c1n2-c1cc(-c2ccccc2)cc(-c2cc4c(cc2Nc2cccc5c2sc2ccccc25)Sc2ccccc2S4)c1B3. The Morgan fingerprint density at radius 3 is 1.97 bits per heavy atom. The van der Waals surface area contributed by atoms with Crippen molar-refractivity contribution in [2.24, 2.45) is 0 Å². The van der Waals surface area contributed by atoms with Gasteiger partial charge >= 0.3 is 0 Å². The second-order valence-corrected chi connectivity index (χ2v) is 22.3. The summed E-state index contributed by atoms with van der Waals surface area (Å²) in [5, 5.41) is 9.40. The zero-order valence-electron chi connectivity index (χ0n) is 35.8. The Kier molecular flexibility index (Phi) is 8.55. The molecule has 2 aliphatic rings. The van der Waals surface area contributed by atoms with Crippen LogP contribution < -0.4 is 16.2 Å². The monoisotopic (exact) mass is 852 g/mol. The predicted octanol–water partition coefficient (Wildman–Crippen LogP) is 15.1. The first-order chi connectivity index (χ1) is 30.0. The van der Waals surface area contributed by atoms with Crippen molar-refractivity contribution in [1.29, 1.82) is 0 Å². The standard InChI is InChI=1S/C56H45BN2S3/c1-55(2,3)34-23-24-45-39(27-34)41-28-35(56(4,5)6)29-42-53(41)59(45)46-26-33(32-15-8-7-9-16-32)25-40(52(46)57-42)38-30-50-51(61-49-22-13-12-21-48(49)60-50)31-44(38)58-43-19-14-18-37-36-17-10-11-20-47(36)62-54(37)43/h7-31,57-58H,1-6H3. The van der Waals surface area contributed by atoms with Crippen molar-refractivity contribution >= 4 is 106 Å². The summed E-state index contributed by atoms with van der Waals surface area (Å²) in [6.45, 7) is 14.0. The molecule has 0 radical (unpaired) electrons. The Morgan fingerprint density at radius 2 is 1.19 bits per heavy atom. The number of nitrogens with zero attached hydrogens (tertiary/aromatic N) is 1. The number of nitrogens with one attached hydrogen (secondary N) is 1. The van der Waals surface area contributed by atoms with E-state index in [-0.39, 0.29) is 10.8 Å². The number of rotatable bonds is 4. The number of thiophene rings is 1. The van der Waals surface area contributed by atoms with Gasteiger partial charge in [-0.1, -0.05) is 155 Å². The second kappa shape index (κ2) is 13.9. The molecule has 0 fully saturated rings. The first-order valence-corrected chi connectivity index (χ1v) is 24.1. The molecular formula is C56H45BN2S3. The highest BCUT2D eigenvalue weighted by atomic mass is 32.2. The topological polar surface area (TPSA) is 17.0 Å². The van der Waals surface area contributed by atoms with Gasteiger partial charge in [-0.25, -0.2) is 0 Å². The Balaban J connectivity index is 1.16. The van der Waals surface area contributed by atoms with Crippen LogP contribution in [-0.2, 0) is 10.8 Å². The maximum absolute atomic E-state index is 4.11. The molecule has 0 unspecified atom stereocenters. The van der Waals surface area contributed by atoms with Gasteiger partial charge in [-0.15, -0.1) is 11.3 Å². The molecule has 12 rings (SSSR count). The van der Waals surface area contributed by atoms with Gasteiger partial charge in [0, 0.05) is 68.3 Å². The lowest BCUT2D eigenvalue weighted by Crippen LogP contribution is -2.38. The largest absolute Gasteiger partial charge is 0.354 e.